The number of carbonyl (C=O) groups is 1. The second-order valence-electron chi connectivity index (χ2n) is 4.26. The summed E-state index contributed by atoms with van der Waals surface area (Å²) < 4.78 is 8.56. The molecule has 0 bridgehead atoms. The number of nitrogens with zero attached hydrogens (tertiary/aromatic N) is 1. The van der Waals surface area contributed by atoms with Crippen LogP contribution in [0.3, 0.4) is 0 Å². The van der Waals surface area contributed by atoms with Gasteiger partial charge in [0.15, 0.2) is 10.7 Å². The Morgan fingerprint density at radius 3 is 2.62 bits per heavy atom. The highest BCUT2D eigenvalue weighted by Crippen LogP contribution is 2.20. The van der Waals surface area contributed by atoms with Gasteiger partial charge in [0.25, 0.3) is 0 Å². The highest BCUT2D eigenvalue weighted by atomic mass is 32.1. The Balaban J connectivity index is 3.16. The number of carbonyl (C=O) groups excluding carboxylic acids is 1. The first-order valence-corrected chi connectivity index (χ1v) is 8.99. The fraction of sp³-hybridized carbons (Fsp3) is 0.400. The number of hydrogen-bond acceptors (Lipinski definition) is 5. The molecule has 16 heavy (non-hydrogen) atoms. The predicted molar refractivity (Wildman–Crippen MR) is 68.1 cm³/mol. The van der Waals surface area contributed by atoms with Gasteiger partial charge in [-0.3, -0.25) is 0 Å². The molecule has 0 fully saturated rings. The molecule has 0 saturated heterocycles. The molecule has 1 aromatic heterocycles. The van der Waals surface area contributed by atoms with Crippen LogP contribution >= 0.6 is 11.5 Å². The van der Waals surface area contributed by atoms with Crippen molar-refractivity contribution in [3.05, 3.63) is 10.4 Å². The van der Waals surface area contributed by atoms with Crippen LogP contribution in [0.4, 0.5) is 5.82 Å². The van der Waals surface area contributed by atoms with Crippen LogP contribution in [-0.4, -0.2) is 25.5 Å². The lowest BCUT2D eigenvalue weighted by Crippen LogP contribution is -2.16. The van der Waals surface area contributed by atoms with E-state index in [1.165, 1.54) is 7.11 Å². The zero-order chi connectivity index (χ0) is 12.3. The summed E-state index contributed by atoms with van der Waals surface area (Å²) in [5, 5.41) is 0. The van der Waals surface area contributed by atoms with Gasteiger partial charge < -0.3 is 10.5 Å². The van der Waals surface area contributed by atoms with Gasteiger partial charge in [0.2, 0.25) is 0 Å². The van der Waals surface area contributed by atoms with Crippen LogP contribution in [0.15, 0.2) is 0 Å². The lowest BCUT2D eigenvalue weighted by atomic mass is 10.2. The van der Waals surface area contributed by atoms with Gasteiger partial charge in [-0.1, -0.05) is 25.6 Å². The molecule has 0 atom stereocenters. The quantitative estimate of drug-likeness (QED) is 0.471. The molecule has 1 aromatic rings. The van der Waals surface area contributed by atoms with Gasteiger partial charge in [-0.2, -0.15) is 4.37 Å². The minimum absolute atomic E-state index is 0.302. The largest absolute Gasteiger partial charge is 0.465 e. The van der Waals surface area contributed by atoms with Crippen molar-refractivity contribution in [1.82, 2.24) is 4.37 Å². The van der Waals surface area contributed by atoms with Gasteiger partial charge in [0, 0.05) is 0 Å². The Hall–Kier alpha value is -1.32. The lowest BCUT2D eigenvalue weighted by Gasteiger charge is -2.03. The van der Waals surface area contributed by atoms with Crippen LogP contribution in [-0.2, 0) is 4.74 Å². The minimum Gasteiger partial charge on any atom is -0.465 e. The van der Waals surface area contributed by atoms with Crippen LogP contribution in [0.5, 0.6) is 0 Å². The molecule has 0 spiro atoms. The molecule has 4 nitrogen and oxygen atoms in total. The number of aromatic nitrogens is 1. The van der Waals surface area contributed by atoms with E-state index in [9.17, 15) is 4.79 Å². The highest BCUT2D eigenvalue weighted by Gasteiger charge is 2.18. The van der Waals surface area contributed by atoms with E-state index in [-0.39, 0.29) is 0 Å². The Labute approximate surface area is 100.0 Å². The van der Waals surface area contributed by atoms with Crippen molar-refractivity contribution in [2.45, 2.75) is 19.6 Å². The van der Waals surface area contributed by atoms with Crippen LogP contribution in [0.1, 0.15) is 15.2 Å². The number of nitrogen functional groups attached to an aromatic ring is 1. The van der Waals surface area contributed by atoms with Crippen molar-refractivity contribution >= 4 is 31.4 Å². The van der Waals surface area contributed by atoms with Crippen molar-refractivity contribution in [2.24, 2.45) is 0 Å². The van der Waals surface area contributed by atoms with E-state index in [2.05, 4.69) is 40.2 Å². The topological polar surface area (TPSA) is 65.2 Å². The van der Waals surface area contributed by atoms with Crippen LogP contribution in [0.25, 0.3) is 0 Å². The summed E-state index contributed by atoms with van der Waals surface area (Å²) in [5.41, 5.74) is 9.32. The van der Waals surface area contributed by atoms with Gasteiger partial charge in [0.1, 0.15) is 8.07 Å². The zero-order valence-corrected chi connectivity index (χ0v) is 11.6. The molecule has 0 aliphatic carbocycles. The molecule has 1 heterocycles. The molecule has 0 aliphatic rings. The van der Waals surface area contributed by atoms with E-state index in [1.807, 2.05) is 0 Å². The fourth-order valence-electron chi connectivity index (χ4n) is 0.905. The first-order valence-electron chi connectivity index (χ1n) is 4.72. The summed E-state index contributed by atoms with van der Waals surface area (Å²) in [7, 11) is -0.169. The monoisotopic (exact) mass is 254 g/mol. The first kappa shape index (κ1) is 12.7. The average Bonchev–Trinajstić information content (AvgIpc) is 2.54. The second kappa shape index (κ2) is 4.68. The van der Waals surface area contributed by atoms with Crippen molar-refractivity contribution < 1.29 is 9.53 Å². The van der Waals surface area contributed by atoms with Gasteiger partial charge in [-0.15, -0.1) is 5.54 Å². The minimum atomic E-state index is -1.50. The van der Waals surface area contributed by atoms with Crippen molar-refractivity contribution in [3.8, 4) is 11.5 Å². The molecule has 0 aliphatic heterocycles. The molecule has 0 unspecified atom stereocenters. The third-order valence-corrected chi connectivity index (χ3v) is 3.37. The Bertz CT molecular complexity index is 465. The molecular formula is C10H14N2O2SSi. The third kappa shape index (κ3) is 3.08. The maximum Gasteiger partial charge on any atom is 0.351 e. The van der Waals surface area contributed by atoms with Gasteiger partial charge >= 0.3 is 5.97 Å². The van der Waals surface area contributed by atoms with Gasteiger partial charge in [-0.25, -0.2) is 4.79 Å². The zero-order valence-electron chi connectivity index (χ0n) is 9.75. The van der Waals surface area contributed by atoms with Gasteiger partial charge in [0.05, 0.1) is 12.7 Å². The molecule has 6 heteroatoms. The molecule has 86 valence electrons. The first-order chi connectivity index (χ1) is 7.35. The van der Waals surface area contributed by atoms with E-state index < -0.39 is 14.0 Å². The summed E-state index contributed by atoms with van der Waals surface area (Å²) in [4.78, 5) is 11.8. The number of esters is 1. The van der Waals surface area contributed by atoms with Crippen LogP contribution < -0.4 is 5.73 Å². The van der Waals surface area contributed by atoms with E-state index in [0.717, 1.165) is 11.5 Å². The Morgan fingerprint density at radius 1 is 1.50 bits per heavy atom. The average molecular weight is 254 g/mol. The summed E-state index contributed by atoms with van der Waals surface area (Å²) in [6.07, 6.45) is 0. The summed E-state index contributed by atoms with van der Waals surface area (Å²) in [6, 6.07) is 0. The molecule has 0 amide bonds. The van der Waals surface area contributed by atoms with Crippen molar-refractivity contribution in [1.29, 1.82) is 0 Å². The predicted octanol–water partition coefficient (Wildman–Crippen LogP) is 1.74. The normalized spacial score (nSPS) is 10.5. The number of hydrogen-bond donors (Lipinski definition) is 1. The number of methoxy groups -OCH3 is 1. The number of anilines is 1. The third-order valence-electron chi connectivity index (χ3n) is 1.65. The Morgan fingerprint density at radius 2 is 2.12 bits per heavy atom. The number of rotatable bonds is 1. The molecule has 2 N–H and O–H groups in total. The molecular weight excluding hydrogens is 240 g/mol. The van der Waals surface area contributed by atoms with E-state index in [4.69, 9.17) is 5.73 Å². The lowest BCUT2D eigenvalue weighted by molar-refractivity contribution is 0.0606. The smallest absolute Gasteiger partial charge is 0.351 e. The second-order valence-corrected chi connectivity index (χ2v) is 9.79. The summed E-state index contributed by atoms with van der Waals surface area (Å²) in [6.45, 7) is 6.36. The van der Waals surface area contributed by atoms with Crippen molar-refractivity contribution in [3.63, 3.8) is 0 Å². The number of ether oxygens (including phenoxy) is 1. The number of nitrogens with two attached hydrogens (primary N) is 1. The van der Waals surface area contributed by atoms with Gasteiger partial charge in [-0.05, 0) is 11.5 Å². The molecule has 0 radical (unpaired) electrons. The Kier molecular flexibility index (Phi) is 3.73. The SMILES string of the molecule is COC(=O)c1snc(N)c1C#C[Si](C)(C)C. The summed E-state index contributed by atoms with van der Waals surface area (Å²) in [5.74, 6) is 2.82. The highest BCUT2D eigenvalue weighted by molar-refractivity contribution is 7.08. The van der Waals surface area contributed by atoms with Crippen LogP contribution in [0, 0.1) is 11.5 Å². The standard InChI is InChI=1S/C10H14N2O2SSi/c1-14-10(13)8-7(9(11)12-15-8)5-6-16(2,3)4/h1-4H3,(H2,11,12). The molecule has 0 saturated carbocycles. The van der Waals surface area contributed by atoms with E-state index in [0.29, 0.717) is 16.3 Å². The maximum absolute atomic E-state index is 11.4. The maximum atomic E-state index is 11.4. The summed E-state index contributed by atoms with van der Waals surface area (Å²) >= 11 is 1.02. The molecule has 0 aromatic carbocycles. The van der Waals surface area contributed by atoms with E-state index in [1.54, 1.807) is 0 Å². The fourth-order valence-corrected chi connectivity index (χ4v) is 2.09. The van der Waals surface area contributed by atoms with Crippen molar-refractivity contribution in [2.75, 3.05) is 12.8 Å². The van der Waals surface area contributed by atoms with Crippen LogP contribution in [0.2, 0.25) is 19.6 Å². The molecule has 1 rings (SSSR count). The van der Waals surface area contributed by atoms with E-state index >= 15 is 0 Å².